The van der Waals surface area contributed by atoms with Crippen LogP contribution < -0.4 is 4.72 Å². The second-order valence-electron chi connectivity index (χ2n) is 4.93. The van der Waals surface area contributed by atoms with E-state index in [9.17, 15) is 12.8 Å². The molecule has 0 saturated heterocycles. The fourth-order valence-corrected chi connectivity index (χ4v) is 4.42. The summed E-state index contributed by atoms with van der Waals surface area (Å²) in [6.45, 7) is 5.59. The van der Waals surface area contributed by atoms with Crippen LogP contribution in [0.1, 0.15) is 21.1 Å². The molecule has 0 fully saturated rings. The van der Waals surface area contributed by atoms with Gasteiger partial charge in [-0.05, 0) is 38.5 Å². The van der Waals surface area contributed by atoms with E-state index in [-0.39, 0.29) is 22.0 Å². The molecule has 0 aliphatic carbocycles. The third-order valence-corrected chi connectivity index (χ3v) is 6.26. The number of rotatable bonds is 5. The highest BCUT2D eigenvalue weighted by atomic mass is 35.5. The summed E-state index contributed by atoms with van der Waals surface area (Å²) in [5.41, 5.74) is 1.19. The van der Waals surface area contributed by atoms with Crippen molar-refractivity contribution in [2.45, 2.75) is 32.1 Å². The lowest BCUT2D eigenvalue weighted by atomic mass is 10.2. The molecule has 2 rings (SSSR count). The summed E-state index contributed by atoms with van der Waals surface area (Å²) < 4.78 is 40.3. The molecule has 0 spiro atoms. The zero-order valence-corrected chi connectivity index (χ0v) is 14.8. The van der Waals surface area contributed by atoms with Gasteiger partial charge in [0.25, 0.3) is 0 Å². The predicted molar refractivity (Wildman–Crippen MR) is 86.6 cm³/mol. The molecule has 0 bridgehead atoms. The van der Waals surface area contributed by atoms with Crippen LogP contribution in [0.3, 0.4) is 0 Å². The van der Waals surface area contributed by atoms with Gasteiger partial charge in [0.1, 0.15) is 10.7 Å². The van der Waals surface area contributed by atoms with Gasteiger partial charge in [0.15, 0.2) is 0 Å². The van der Waals surface area contributed by atoms with Crippen molar-refractivity contribution in [2.24, 2.45) is 0 Å². The maximum atomic E-state index is 13.4. The number of benzene rings is 1. The van der Waals surface area contributed by atoms with Crippen LogP contribution in [0.5, 0.6) is 0 Å². The highest BCUT2D eigenvalue weighted by Crippen LogP contribution is 2.24. The van der Waals surface area contributed by atoms with Gasteiger partial charge in [-0.15, -0.1) is 11.3 Å². The number of sulfonamides is 1. The first-order chi connectivity index (χ1) is 10.2. The molecule has 120 valence electrons. The maximum Gasteiger partial charge on any atom is 0.242 e. The molecule has 22 heavy (non-hydrogen) atoms. The number of nitrogens with zero attached hydrogens (tertiary/aromatic N) is 1. The van der Waals surface area contributed by atoms with Gasteiger partial charge in [0.05, 0.1) is 15.7 Å². The van der Waals surface area contributed by atoms with E-state index >= 15 is 0 Å². The zero-order chi connectivity index (χ0) is 16.5. The number of aromatic nitrogens is 1. The molecular formula is C14H16ClFN2O2S2. The van der Waals surface area contributed by atoms with E-state index in [1.54, 1.807) is 11.3 Å². The molecular weight excluding hydrogens is 347 g/mol. The van der Waals surface area contributed by atoms with Gasteiger partial charge in [-0.25, -0.2) is 22.5 Å². The number of aryl methyl sites for hydroxylation is 3. The second-order valence-corrected chi connectivity index (χ2v) is 8.36. The van der Waals surface area contributed by atoms with Gasteiger partial charge >= 0.3 is 0 Å². The molecule has 2 aromatic rings. The first kappa shape index (κ1) is 17.3. The van der Waals surface area contributed by atoms with Crippen LogP contribution >= 0.6 is 22.9 Å². The minimum Gasteiger partial charge on any atom is -0.246 e. The van der Waals surface area contributed by atoms with Crippen LogP contribution in [0.15, 0.2) is 17.0 Å². The Bertz CT molecular complexity index is 784. The van der Waals surface area contributed by atoms with Crippen LogP contribution in [0.2, 0.25) is 5.02 Å². The van der Waals surface area contributed by atoms with E-state index in [1.807, 2.05) is 13.8 Å². The molecule has 0 radical (unpaired) electrons. The average molecular weight is 363 g/mol. The molecule has 8 heteroatoms. The minimum atomic E-state index is -3.78. The lowest BCUT2D eigenvalue weighted by Gasteiger charge is -2.09. The Labute approximate surface area is 138 Å². The number of halogens is 2. The smallest absolute Gasteiger partial charge is 0.242 e. The zero-order valence-electron chi connectivity index (χ0n) is 12.4. The molecule has 0 aliphatic rings. The number of hydrogen-bond acceptors (Lipinski definition) is 4. The fraction of sp³-hybridized carbons (Fsp3) is 0.357. The van der Waals surface area contributed by atoms with Crippen LogP contribution in [0.4, 0.5) is 4.39 Å². The Balaban J connectivity index is 2.10. The van der Waals surface area contributed by atoms with Gasteiger partial charge in [-0.3, -0.25) is 0 Å². The van der Waals surface area contributed by atoms with E-state index in [2.05, 4.69) is 9.71 Å². The summed E-state index contributed by atoms with van der Waals surface area (Å²) in [5, 5.41) is 0.746. The van der Waals surface area contributed by atoms with E-state index in [0.717, 1.165) is 21.6 Å². The Kier molecular flexibility index (Phi) is 5.21. The molecule has 1 N–H and O–H groups in total. The van der Waals surface area contributed by atoms with E-state index in [0.29, 0.717) is 6.42 Å². The van der Waals surface area contributed by atoms with Crippen molar-refractivity contribution in [2.75, 3.05) is 6.54 Å². The van der Waals surface area contributed by atoms with Crippen molar-refractivity contribution in [1.82, 2.24) is 9.71 Å². The van der Waals surface area contributed by atoms with Crippen molar-refractivity contribution in [3.8, 4) is 0 Å². The van der Waals surface area contributed by atoms with E-state index in [1.165, 1.54) is 13.0 Å². The second kappa shape index (κ2) is 6.62. The lowest BCUT2D eigenvalue weighted by molar-refractivity contribution is 0.580. The Morgan fingerprint density at radius 1 is 1.32 bits per heavy atom. The van der Waals surface area contributed by atoms with Gasteiger partial charge in [0, 0.05) is 17.8 Å². The Hall–Kier alpha value is -1.02. The Morgan fingerprint density at radius 2 is 2.00 bits per heavy atom. The van der Waals surface area contributed by atoms with Crippen LogP contribution in [-0.2, 0) is 16.4 Å². The van der Waals surface area contributed by atoms with E-state index < -0.39 is 15.8 Å². The quantitative estimate of drug-likeness (QED) is 0.887. The number of hydrogen-bond donors (Lipinski definition) is 1. The van der Waals surface area contributed by atoms with Crippen LogP contribution in [0.25, 0.3) is 0 Å². The molecule has 4 nitrogen and oxygen atoms in total. The molecule has 1 heterocycles. The first-order valence-electron chi connectivity index (χ1n) is 6.59. The SMILES string of the molecule is Cc1cc(S(=O)(=O)NCCc2nc(C)c(C)s2)c(Cl)cc1F. The summed E-state index contributed by atoms with van der Waals surface area (Å²) >= 11 is 7.38. The fourth-order valence-electron chi connectivity index (χ4n) is 1.85. The monoisotopic (exact) mass is 362 g/mol. The lowest BCUT2D eigenvalue weighted by Crippen LogP contribution is -2.26. The largest absolute Gasteiger partial charge is 0.246 e. The molecule has 1 aromatic heterocycles. The molecule has 1 aromatic carbocycles. The summed E-state index contributed by atoms with van der Waals surface area (Å²) in [7, 11) is -3.78. The third-order valence-electron chi connectivity index (χ3n) is 3.21. The van der Waals surface area contributed by atoms with Gasteiger partial charge in [0.2, 0.25) is 10.0 Å². The summed E-state index contributed by atoms with van der Waals surface area (Å²) in [6.07, 6.45) is 0.496. The summed E-state index contributed by atoms with van der Waals surface area (Å²) in [4.78, 5) is 5.36. The average Bonchev–Trinajstić information content (AvgIpc) is 2.72. The highest BCUT2D eigenvalue weighted by molar-refractivity contribution is 7.89. The van der Waals surface area contributed by atoms with Gasteiger partial charge < -0.3 is 0 Å². The molecule has 0 aliphatic heterocycles. The predicted octanol–water partition coefficient (Wildman–Crippen LogP) is 3.38. The molecule has 0 amide bonds. The topological polar surface area (TPSA) is 59.1 Å². The minimum absolute atomic E-state index is 0.112. The standard InChI is InChI=1S/C14H16ClFN2O2S2/c1-8-6-13(11(15)7-12(8)16)22(19,20)17-5-4-14-18-9(2)10(3)21-14/h6-7,17H,4-5H2,1-3H3. The van der Waals surface area contributed by atoms with E-state index in [4.69, 9.17) is 11.6 Å². The normalized spacial score (nSPS) is 11.9. The van der Waals surface area contributed by atoms with Crippen molar-refractivity contribution in [1.29, 1.82) is 0 Å². The number of thiazole rings is 1. The first-order valence-corrected chi connectivity index (χ1v) is 9.26. The van der Waals surface area contributed by atoms with Crippen molar-refractivity contribution in [3.05, 3.63) is 44.1 Å². The van der Waals surface area contributed by atoms with Crippen LogP contribution in [0, 0.1) is 26.6 Å². The maximum absolute atomic E-state index is 13.4. The Morgan fingerprint density at radius 3 is 2.59 bits per heavy atom. The summed E-state index contributed by atoms with van der Waals surface area (Å²) in [6, 6.07) is 2.25. The third kappa shape index (κ3) is 3.84. The van der Waals surface area contributed by atoms with Crippen LogP contribution in [-0.4, -0.2) is 19.9 Å². The molecule has 0 saturated carbocycles. The van der Waals surface area contributed by atoms with Gasteiger partial charge in [-0.2, -0.15) is 0 Å². The number of nitrogens with one attached hydrogen (secondary N) is 1. The molecule has 0 atom stereocenters. The van der Waals surface area contributed by atoms with Crippen molar-refractivity contribution < 1.29 is 12.8 Å². The van der Waals surface area contributed by atoms with Crippen molar-refractivity contribution in [3.63, 3.8) is 0 Å². The summed E-state index contributed by atoms with van der Waals surface area (Å²) in [5.74, 6) is -0.530. The molecule has 0 unspecified atom stereocenters. The van der Waals surface area contributed by atoms with Crippen molar-refractivity contribution >= 4 is 33.0 Å². The highest BCUT2D eigenvalue weighted by Gasteiger charge is 2.19. The van der Waals surface area contributed by atoms with Gasteiger partial charge in [-0.1, -0.05) is 11.6 Å².